The molecule has 2 amide bonds. The Bertz CT molecular complexity index is 608. The van der Waals surface area contributed by atoms with Crippen LogP contribution in [0.1, 0.15) is 0 Å². The molecule has 2 N–H and O–H groups in total. The van der Waals surface area contributed by atoms with Gasteiger partial charge in [-0.3, -0.25) is 20.2 Å². The highest BCUT2D eigenvalue weighted by Crippen LogP contribution is 2.41. The third-order valence-corrected chi connectivity index (χ3v) is 6.85. The summed E-state index contributed by atoms with van der Waals surface area (Å²) < 4.78 is 1.27. The van der Waals surface area contributed by atoms with Crippen LogP contribution >= 0.6 is 67.5 Å². The van der Waals surface area contributed by atoms with Gasteiger partial charge in [0.2, 0.25) is 22.1 Å². The fraction of sp³-hybridized carbons (Fsp3) is 0.250. The predicted octanol–water partition coefficient (Wildman–Crippen LogP) is 2.54. The standard InChI is InChI=1S/C8H6Cl2N6O2S4/c9-1-3(17)11-5-13-15-7(19-5)21-22-8-16-14-6(20-8)12-4(18)2-10/h1-2H2,(H,11,13,17)(H,12,14,18). The molecule has 0 aliphatic rings. The quantitative estimate of drug-likeness (QED) is 0.402. The number of hydrogen-bond acceptors (Lipinski definition) is 10. The molecule has 0 fully saturated rings. The Morgan fingerprint density at radius 3 is 1.64 bits per heavy atom. The number of anilines is 2. The summed E-state index contributed by atoms with van der Waals surface area (Å²) in [6.45, 7) is 0. The Balaban J connectivity index is 1.85. The first-order valence-electron chi connectivity index (χ1n) is 5.34. The van der Waals surface area contributed by atoms with E-state index in [0.717, 1.165) is 0 Å². The number of carbonyl (C=O) groups excluding carboxylic acids is 2. The zero-order valence-corrected chi connectivity index (χ0v) is 15.2. The van der Waals surface area contributed by atoms with Crippen LogP contribution in [0.25, 0.3) is 0 Å². The van der Waals surface area contributed by atoms with Gasteiger partial charge in [0.1, 0.15) is 11.8 Å². The molecule has 0 aliphatic heterocycles. The van der Waals surface area contributed by atoms with Crippen LogP contribution in [0.2, 0.25) is 0 Å². The van der Waals surface area contributed by atoms with Gasteiger partial charge in [-0.1, -0.05) is 22.7 Å². The first-order chi connectivity index (χ1) is 10.6. The van der Waals surface area contributed by atoms with Crippen molar-refractivity contribution >= 4 is 89.5 Å². The average molecular weight is 417 g/mol. The Morgan fingerprint density at radius 1 is 0.864 bits per heavy atom. The molecule has 0 unspecified atom stereocenters. The zero-order chi connectivity index (χ0) is 15.9. The molecular weight excluding hydrogens is 411 g/mol. The first kappa shape index (κ1) is 17.7. The van der Waals surface area contributed by atoms with Crippen molar-refractivity contribution in [3.63, 3.8) is 0 Å². The first-order valence-corrected chi connectivity index (χ1v) is 10.2. The monoisotopic (exact) mass is 416 g/mol. The summed E-state index contributed by atoms with van der Waals surface area (Å²) in [5.41, 5.74) is 0. The van der Waals surface area contributed by atoms with Crippen molar-refractivity contribution in [1.82, 2.24) is 20.4 Å². The third kappa shape index (κ3) is 5.52. The Labute approximate surface area is 150 Å². The average Bonchev–Trinajstić information content (AvgIpc) is 3.14. The van der Waals surface area contributed by atoms with E-state index < -0.39 is 0 Å². The molecule has 0 spiro atoms. The molecule has 0 saturated carbocycles. The van der Waals surface area contributed by atoms with E-state index in [4.69, 9.17) is 23.2 Å². The molecule has 0 saturated heterocycles. The van der Waals surface area contributed by atoms with Crippen molar-refractivity contribution in [1.29, 1.82) is 0 Å². The molecule has 0 bridgehead atoms. The molecule has 0 radical (unpaired) electrons. The summed E-state index contributed by atoms with van der Waals surface area (Å²) >= 11 is 13.2. The molecule has 118 valence electrons. The molecule has 14 heteroatoms. The maximum Gasteiger partial charge on any atom is 0.241 e. The van der Waals surface area contributed by atoms with Gasteiger partial charge in [0.05, 0.1) is 0 Å². The smallest absolute Gasteiger partial charge is 0.241 e. The molecule has 8 nitrogen and oxygen atoms in total. The van der Waals surface area contributed by atoms with Gasteiger partial charge < -0.3 is 0 Å². The number of amides is 2. The van der Waals surface area contributed by atoms with Crippen molar-refractivity contribution in [2.75, 3.05) is 22.4 Å². The lowest BCUT2D eigenvalue weighted by Crippen LogP contribution is -2.12. The largest absolute Gasteiger partial charge is 0.299 e. The molecular formula is C8H6Cl2N6O2S4. The lowest BCUT2D eigenvalue weighted by Gasteiger charge is -1.94. The Hall–Kier alpha value is -0.660. The van der Waals surface area contributed by atoms with Crippen molar-refractivity contribution < 1.29 is 9.59 Å². The Kier molecular flexibility index (Phi) is 7.11. The van der Waals surface area contributed by atoms with Gasteiger partial charge >= 0.3 is 0 Å². The van der Waals surface area contributed by atoms with Crippen molar-refractivity contribution in [2.24, 2.45) is 0 Å². The maximum atomic E-state index is 11.1. The summed E-state index contributed by atoms with van der Waals surface area (Å²) in [6.07, 6.45) is 0. The summed E-state index contributed by atoms with van der Waals surface area (Å²) in [6, 6.07) is 0. The molecule has 0 aliphatic carbocycles. The van der Waals surface area contributed by atoms with E-state index in [1.165, 1.54) is 44.3 Å². The number of alkyl halides is 2. The van der Waals surface area contributed by atoms with Gasteiger partial charge in [0, 0.05) is 0 Å². The number of carbonyl (C=O) groups is 2. The van der Waals surface area contributed by atoms with Crippen LogP contribution in [0.5, 0.6) is 0 Å². The number of halogens is 2. The van der Waals surface area contributed by atoms with Crippen LogP contribution in [0.3, 0.4) is 0 Å². The molecule has 2 rings (SSSR count). The van der Waals surface area contributed by atoms with Gasteiger partial charge in [-0.25, -0.2) is 0 Å². The second-order valence-electron chi connectivity index (χ2n) is 3.28. The SMILES string of the molecule is O=C(CCl)Nc1nnc(SSc2nnc(NC(=O)CCl)s2)s1. The van der Waals surface area contributed by atoms with Crippen LogP contribution < -0.4 is 10.6 Å². The van der Waals surface area contributed by atoms with E-state index in [2.05, 4.69) is 31.0 Å². The highest BCUT2D eigenvalue weighted by atomic mass is 35.5. The van der Waals surface area contributed by atoms with E-state index >= 15 is 0 Å². The zero-order valence-electron chi connectivity index (χ0n) is 10.4. The fourth-order valence-corrected chi connectivity index (χ4v) is 4.97. The Morgan fingerprint density at radius 2 is 1.27 bits per heavy atom. The summed E-state index contributed by atoms with van der Waals surface area (Å²) in [4.78, 5) is 22.2. The van der Waals surface area contributed by atoms with Gasteiger partial charge in [-0.05, 0) is 21.6 Å². The van der Waals surface area contributed by atoms with Crippen molar-refractivity contribution in [3.05, 3.63) is 0 Å². The van der Waals surface area contributed by atoms with Gasteiger partial charge in [-0.2, -0.15) is 0 Å². The van der Waals surface area contributed by atoms with E-state index in [9.17, 15) is 9.59 Å². The van der Waals surface area contributed by atoms with E-state index in [1.54, 1.807) is 0 Å². The fourth-order valence-electron chi connectivity index (χ4n) is 0.965. The van der Waals surface area contributed by atoms with Crippen LogP contribution in [0, 0.1) is 0 Å². The van der Waals surface area contributed by atoms with E-state index in [0.29, 0.717) is 18.9 Å². The number of nitrogens with one attached hydrogen (secondary N) is 2. The summed E-state index contributed by atoms with van der Waals surface area (Å²) in [7, 11) is 2.63. The minimum Gasteiger partial charge on any atom is -0.299 e. The highest BCUT2D eigenvalue weighted by Gasteiger charge is 2.12. The summed E-state index contributed by atoms with van der Waals surface area (Å²) in [5, 5.41) is 21.2. The predicted molar refractivity (Wildman–Crippen MR) is 90.2 cm³/mol. The number of aromatic nitrogens is 4. The van der Waals surface area contributed by atoms with Crippen LogP contribution in [0.15, 0.2) is 8.68 Å². The molecule has 2 aromatic heterocycles. The van der Waals surface area contributed by atoms with Crippen LogP contribution in [-0.2, 0) is 9.59 Å². The maximum absolute atomic E-state index is 11.1. The minimum absolute atomic E-state index is 0.140. The highest BCUT2D eigenvalue weighted by molar-refractivity contribution is 8.77. The molecule has 2 aromatic rings. The van der Waals surface area contributed by atoms with E-state index in [-0.39, 0.29) is 23.6 Å². The van der Waals surface area contributed by atoms with Crippen LogP contribution in [0.4, 0.5) is 10.3 Å². The van der Waals surface area contributed by atoms with Gasteiger partial charge in [-0.15, -0.1) is 43.6 Å². The molecule has 0 aromatic carbocycles. The van der Waals surface area contributed by atoms with Crippen LogP contribution in [-0.4, -0.2) is 44.0 Å². The molecule has 2 heterocycles. The van der Waals surface area contributed by atoms with Crippen molar-refractivity contribution in [2.45, 2.75) is 8.68 Å². The summed E-state index contributed by atoms with van der Waals surface area (Å²) in [5.74, 6) is -0.965. The van der Waals surface area contributed by atoms with Crippen molar-refractivity contribution in [3.8, 4) is 0 Å². The second kappa shape index (κ2) is 8.84. The number of nitrogens with zero attached hydrogens (tertiary/aromatic N) is 4. The molecule has 0 atom stereocenters. The number of hydrogen-bond donors (Lipinski definition) is 2. The second-order valence-corrected chi connectivity index (χ2v) is 8.39. The van der Waals surface area contributed by atoms with E-state index in [1.807, 2.05) is 0 Å². The number of rotatable bonds is 7. The minimum atomic E-state index is -0.342. The molecule has 22 heavy (non-hydrogen) atoms. The van der Waals surface area contributed by atoms with Gasteiger partial charge in [0.25, 0.3) is 0 Å². The normalized spacial score (nSPS) is 10.5. The van der Waals surface area contributed by atoms with Gasteiger partial charge in [0.15, 0.2) is 8.68 Å². The third-order valence-electron chi connectivity index (χ3n) is 1.73. The lowest BCUT2D eigenvalue weighted by molar-refractivity contribution is -0.114. The topological polar surface area (TPSA) is 110 Å². The lowest BCUT2D eigenvalue weighted by atomic mass is 10.7.